The summed E-state index contributed by atoms with van der Waals surface area (Å²) in [5.41, 5.74) is 3.96. The van der Waals surface area contributed by atoms with Gasteiger partial charge in [0, 0.05) is 6.54 Å². The van der Waals surface area contributed by atoms with Gasteiger partial charge in [-0.3, -0.25) is 0 Å². The Morgan fingerprint density at radius 3 is 1.65 bits per heavy atom. The van der Waals surface area contributed by atoms with Crippen LogP contribution in [0.4, 0.5) is 13.2 Å². The third kappa shape index (κ3) is 3.94. The van der Waals surface area contributed by atoms with Crippen LogP contribution in [0.25, 0.3) is 0 Å². The first-order chi connectivity index (χ1) is 11.9. The zero-order chi connectivity index (χ0) is 19.9. The molecule has 3 nitrogen and oxygen atoms in total. The Hall–Kier alpha value is -1.86. The molecule has 0 radical (unpaired) electrons. The van der Waals surface area contributed by atoms with Crippen molar-refractivity contribution in [1.29, 1.82) is 0 Å². The van der Waals surface area contributed by atoms with Gasteiger partial charge in [0.15, 0.2) is 0 Å². The van der Waals surface area contributed by atoms with E-state index >= 15 is 0 Å². The Labute approximate surface area is 152 Å². The average molecular weight is 385 g/mol. The van der Waals surface area contributed by atoms with Crippen LogP contribution < -0.4 is 4.72 Å². The number of nitrogens with one attached hydrogen (secondary N) is 1. The molecule has 0 aliphatic heterocycles. The van der Waals surface area contributed by atoms with Crippen molar-refractivity contribution < 1.29 is 21.6 Å². The van der Waals surface area contributed by atoms with E-state index in [0.717, 1.165) is 28.8 Å². The highest BCUT2D eigenvalue weighted by Crippen LogP contribution is 2.30. The Kier molecular flexibility index (Phi) is 5.54. The molecule has 2 rings (SSSR count). The van der Waals surface area contributed by atoms with E-state index in [9.17, 15) is 21.6 Å². The van der Waals surface area contributed by atoms with E-state index in [1.165, 1.54) is 12.1 Å². The van der Waals surface area contributed by atoms with Crippen LogP contribution in [0.2, 0.25) is 0 Å². The van der Waals surface area contributed by atoms with Gasteiger partial charge >= 0.3 is 6.18 Å². The summed E-state index contributed by atoms with van der Waals surface area (Å²) < 4.78 is 65.9. The standard InChI is InChI=1S/C19H22F3NO2S/c1-11-12(2)14(4)18(15(5)13(11)3)26(24,25)23-10-16-6-8-17(9-7-16)19(20,21)22/h6-9,23H,10H2,1-5H3. The van der Waals surface area contributed by atoms with Gasteiger partial charge in [-0.15, -0.1) is 0 Å². The van der Waals surface area contributed by atoms with Crippen LogP contribution in [0.5, 0.6) is 0 Å². The summed E-state index contributed by atoms with van der Waals surface area (Å²) in [5.74, 6) is 0. The molecule has 0 heterocycles. The Balaban J connectivity index is 2.31. The molecule has 0 unspecified atom stereocenters. The summed E-state index contributed by atoms with van der Waals surface area (Å²) in [6.07, 6.45) is -4.41. The number of alkyl halides is 3. The Morgan fingerprint density at radius 1 is 0.808 bits per heavy atom. The number of benzene rings is 2. The predicted molar refractivity (Wildman–Crippen MR) is 95.6 cm³/mol. The molecule has 0 spiro atoms. The van der Waals surface area contributed by atoms with Crippen LogP contribution in [0.3, 0.4) is 0 Å². The van der Waals surface area contributed by atoms with Crippen LogP contribution in [-0.2, 0) is 22.7 Å². The van der Waals surface area contributed by atoms with Gasteiger partial charge < -0.3 is 0 Å². The zero-order valence-corrected chi connectivity index (χ0v) is 16.2. The lowest BCUT2D eigenvalue weighted by atomic mass is 9.95. The second kappa shape index (κ2) is 7.04. The van der Waals surface area contributed by atoms with E-state index < -0.39 is 21.8 Å². The SMILES string of the molecule is Cc1c(C)c(C)c(S(=O)(=O)NCc2ccc(C(F)(F)F)cc2)c(C)c1C. The molecular formula is C19H22F3NO2S. The first-order valence-corrected chi connectivity index (χ1v) is 9.57. The smallest absolute Gasteiger partial charge is 0.207 e. The van der Waals surface area contributed by atoms with Gasteiger partial charge in [0.25, 0.3) is 0 Å². The Bertz CT molecular complexity index is 902. The van der Waals surface area contributed by atoms with Crippen LogP contribution in [0, 0.1) is 34.6 Å². The summed E-state index contributed by atoms with van der Waals surface area (Å²) in [4.78, 5) is 0.241. The summed E-state index contributed by atoms with van der Waals surface area (Å²) >= 11 is 0. The van der Waals surface area contributed by atoms with Gasteiger partial charge in [-0.1, -0.05) is 12.1 Å². The minimum Gasteiger partial charge on any atom is -0.207 e. The molecular weight excluding hydrogens is 363 g/mol. The molecule has 0 fully saturated rings. The van der Waals surface area contributed by atoms with E-state index in [2.05, 4.69) is 4.72 Å². The average Bonchev–Trinajstić information content (AvgIpc) is 2.56. The summed E-state index contributed by atoms with van der Waals surface area (Å²) in [5, 5.41) is 0. The molecule has 2 aromatic rings. The van der Waals surface area contributed by atoms with Gasteiger partial charge in [-0.2, -0.15) is 13.2 Å². The number of rotatable bonds is 4. The highest BCUT2D eigenvalue weighted by Gasteiger charge is 2.30. The molecule has 142 valence electrons. The third-order valence-corrected chi connectivity index (χ3v) is 6.62. The molecule has 0 aliphatic rings. The molecule has 0 bridgehead atoms. The molecule has 1 N–H and O–H groups in total. The molecule has 7 heteroatoms. The first-order valence-electron chi connectivity index (χ1n) is 8.09. The van der Waals surface area contributed by atoms with E-state index in [1.54, 1.807) is 13.8 Å². The quantitative estimate of drug-likeness (QED) is 0.827. The molecule has 0 amide bonds. The van der Waals surface area contributed by atoms with Crippen molar-refractivity contribution in [3.63, 3.8) is 0 Å². The molecule has 0 saturated heterocycles. The van der Waals surface area contributed by atoms with Crippen molar-refractivity contribution in [2.75, 3.05) is 0 Å². The van der Waals surface area contributed by atoms with Crippen LogP contribution >= 0.6 is 0 Å². The fourth-order valence-electron chi connectivity index (χ4n) is 2.93. The van der Waals surface area contributed by atoms with Gasteiger partial charge in [-0.05, 0) is 80.1 Å². The predicted octanol–water partition coefficient (Wildman–Crippen LogP) is 4.73. The van der Waals surface area contributed by atoms with E-state index in [0.29, 0.717) is 16.7 Å². The summed E-state index contributed by atoms with van der Waals surface area (Å²) in [6, 6.07) is 4.44. The maximum absolute atomic E-state index is 12.8. The molecule has 0 atom stereocenters. The minimum absolute atomic E-state index is 0.0781. The van der Waals surface area contributed by atoms with Crippen molar-refractivity contribution >= 4 is 10.0 Å². The van der Waals surface area contributed by atoms with E-state index in [-0.39, 0.29) is 11.4 Å². The maximum atomic E-state index is 12.8. The second-order valence-electron chi connectivity index (χ2n) is 6.47. The van der Waals surface area contributed by atoms with Crippen molar-refractivity contribution in [3.05, 3.63) is 63.2 Å². The van der Waals surface area contributed by atoms with Crippen LogP contribution in [0.1, 0.15) is 38.9 Å². The van der Waals surface area contributed by atoms with E-state index in [4.69, 9.17) is 0 Å². The lowest BCUT2D eigenvalue weighted by Gasteiger charge is -2.19. The largest absolute Gasteiger partial charge is 0.416 e. The normalized spacial score (nSPS) is 12.5. The topological polar surface area (TPSA) is 46.2 Å². The minimum atomic E-state index is -4.41. The maximum Gasteiger partial charge on any atom is 0.416 e. The number of halogens is 3. The number of sulfonamides is 1. The molecule has 0 aromatic heterocycles. The van der Waals surface area contributed by atoms with Crippen molar-refractivity contribution in [2.45, 2.75) is 52.2 Å². The van der Waals surface area contributed by atoms with E-state index in [1.807, 2.05) is 20.8 Å². The Morgan fingerprint density at radius 2 is 1.23 bits per heavy atom. The summed E-state index contributed by atoms with van der Waals surface area (Å²) in [6.45, 7) is 9.17. The van der Waals surface area contributed by atoms with Gasteiger partial charge in [0.05, 0.1) is 10.5 Å². The zero-order valence-electron chi connectivity index (χ0n) is 15.4. The second-order valence-corrected chi connectivity index (χ2v) is 8.18. The highest BCUT2D eigenvalue weighted by atomic mass is 32.2. The number of hydrogen-bond donors (Lipinski definition) is 1. The lowest BCUT2D eigenvalue weighted by molar-refractivity contribution is -0.137. The third-order valence-electron chi connectivity index (χ3n) is 4.95. The van der Waals surface area contributed by atoms with Gasteiger partial charge in [0.1, 0.15) is 0 Å². The molecule has 26 heavy (non-hydrogen) atoms. The van der Waals surface area contributed by atoms with Gasteiger partial charge in [-0.25, -0.2) is 13.1 Å². The fraction of sp³-hybridized carbons (Fsp3) is 0.368. The fourth-order valence-corrected chi connectivity index (χ4v) is 4.54. The summed E-state index contributed by atoms with van der Waals surface area (Å²) in [7, 11) is -3.79. The van der Waals surface area contributed by atoms with Crippen molar-refractivity contribution in [2.24, 2.45) is 0 Å². The molecule has 0 aliphatic carbocycles. The molecule has 0 saturated carbocycles. The van der Waals surface area contributed by atoms with Crippen LogP contribution in [0.15, 0.2) is 29.2 Å². The number of hydrogen-bond acceptors (Lipinski definition) is 2. The van der Waals surface area contributed by atoms with Crippen molar-refractivity contribution in [1.82, 2.24) is 4.72 Å². The first kappa shape index (κ1) is 20.5. The van der Waals surface area contributed by atoms with Gasteiger partial charge in [0.2, 0.25) is 10.0 Å². The lowest BCUT2D eigenvalue weighted by Crippen LogP contribution is -2.25. The monoisotopic (exact) mass is 385 g/mol. The van der Waals surface area contributed by atoms with Crippen LogP contribution in [-0.4, -0.2) is 8.42 Å². The van der Waals surface area contributed by atoms with Crippen molar-refractivity contribution in [3.8, 4) is 0 Å². The molecule has 2 aromatic carbocycles. The highest BCUT2D eigenvalue weighted by molar-refractivity contribution is 7.89.